The maximum Gasteiger partial charge on any atom is 0.308 e. The number of ether oxygens (including phenoxy) is 2. The van der Waals surface area contributed by atoms with Gasteiger partial charge in [-0.25, -0.2) is 0 Å². The van der Waals surface area contributed by atoms with Crippen LogP contribution in [0.2, 0.25) is 0 Å². The normalized spacial score (nSPS) is 9.90. The largest absolute Gasteiger partial charge is 0.493 e. The fourth-order valence-corrected chi connectivity index (χ4v) is 1.82. The van der Waals surface area contributed by atoms with Gasteiger partial charge < -0.3 is 14.8 Å². The number of nitrogens with one attached hydrogen (secondary N) is 1. The first kappa shape index (κ1) is 13.9. The summed E-state index contributed by atoms with van der Waals surface area (Å²) in [4.78, 5) is 11.0. The molecule has 104 valence electrons. The maximum atomic E-state index is 11.0. The Labute approximate surface area is 118 Å². The third-order valence-electron chi connectivity index (χ3n) is 2.76. The van der Waals surface area contributed by atoms with Crippen molar-refractivity contribution in [2.24, 2.45) is 0 Å². The molecule has 2 rings (SSSR count). The number of hydrogen-bond acceptors (Lipinski definition) is 4. The van der Waals surface area contributed by atoms with Crippen molar-refractivity contribution in [2.45, 2.75) is 13.5 Å². The van der Waals surface area contributed by atoms with Crippen molar-refractivity contribution < 1.29 is 14.3 Å². The zero-order valence-electron chi connectivity index (χ0n) is 11.6. The summed E-state index contributed by atoms with van der Waals surface area (Å²) in [5.41, 5.74) is 2.09. The lowest BCUT2D eigenvalue weighted by molar-refractivity contribution is -0.132. The average Bonchev–Trinajstić information content (AvgIpc) is 2.46. The first-order valence-electron chi connectivity index (χ1n) is 6.33. The molecule has 0 fully saturated rings. The fraction of sp³-hybridized carbons (Fsp3) is 0.188. The van der Waals surface area contributed by atoms with Crippen molar-refractivity contribution in [3.8, 4) is 11.5 Å². The van der Waals surface area contributed by atoms with Crippen LogP contribution in [0.5, 0.6) is 11.5 Å². The summed E-state index contributed by atoms with van der Waals surface area (Å²) in [7, 11) is 1.54. The van der Waals surface area contributed by atoms with Crippen LogP contribution in [0, 0.1) is 0 Å². The third-order valence-corrected chi connectivity index (χ3v) is 2.76. The lowest BCUT2D eigenvalue weighted by Gasteiger charge is -2.11. The molecule has 0 spiro atoms. The predicted molar refractivity (Wildman–Crippen MR) is 78.1 cm³/mol. The SMILES string of the molecule is COc1cc(NCc2ccccc2)ccc1OC(C)=O. The van der Waals surface area contributed by atoms with E-state index in [0.717, 1.165) is 12.2 Å². The molecule has 0 aromatic heterocycles. The maximum absolute atomic E-state index is 11.0. The Kier molecular flexibility index (Phi) is 4.60. The summed E-state index contributed by atoms with van der Waals surface area (Å²) in [5, 5.41) is 3.30. The van der Waals surface area contributed by atoms with Crippen LogP contribution in [-0.4, -0.2) is 13.1 Å². The van der Waals surface area contributed by atoms with Crippen LogP contribution in [0.15, 0.2) is 48.5 Å². The van der Waals surface area contributed by atoms with Gasteiger partial charge in [0.15, 0.2) is 11.5 Å². The van der Waals surface area contributed by atoms with Gasteiger partial charge in [0.2, 0.25) is 0 Å². The van der Waals surface area contributed by atoms with E-state index in [2.05, 4.69) is 17.4 Å². The molecule has 4 nitrogen and oxygen atoms in total. The lowest BCUT2D eigenvalue weighted by Crippen LogP contribution is -2.04. The molecule has 0 radical (unpaired) electrons. The van der Waals surface area contributed by atoms with Crippen LogP contribution in [0.3, 0.4) is 0 Å². The first-order chi connectivity index (χ1) is 9.69. The van der Waals surface area contributed by atoms with E-state index in [4.69, 9.17) is 9.47 Å². The molecule has 0 aliphatic heterocycles. The van der Waals surface area contributed by atoms with Gasteiger partial charge in [-0.15, -0.1) is 0 Å². The van der Waals surface area contributed by atoms with E-state index in [1.54, 1.807) is 19.2 Å². The number of anilines is 1. The summed E-state index contributed by atoms with van der Waals surface area (Å²) >= 11 is 0. The molecule has 0 saturated heterocycles. The quantitative estimate of drug-likeness (QED) is 0.670. The molecule has 0 heterocycles. The number of hydrogen-bond donors (Lipinski definition) is 1. The minimum Gasteiger partial charge on any atom is -0.493 e. The van der Waals surface area contributed by atoms with Crippen molar-refractivity contribution >= 4 is 11.7 Å². The summed E-state index contributed by atoms with van der Waals surface area (Å²) in [6, 6.07) is 15.5. The smallest absolute Gasteiger partial charge is 0.308 e. The standard InChI is InChI=1S/C16H17NO3/c1-12(18)20-15-9-8-14(10-16(15)19-2)17-11-13-6-4-3-5-7-13/h3-10,17H,11H2,1-2H3. The second kappa shape index (κ2) is 6.61. The van der Waals surface area contributed by atoms with Crippen LogP contribution in [0.25, 0.3) is 0 Å². The van der Waals surface area contributed by atoms with Crippen LogP contribution >= 0.6 is 0 Å². The Morgan fingerprint density at radius 1 is 1.10 bits per heavy atom. The number of esters is 1. The molecule has 0 aliphatic carbocycles. The van der Waals surface area contributed by atoms with E-state index in [1.165, 1.54) is 12.5 Å². The molecule has 2 aromatic carbocycles. The molecular formula is C16H17NO3. The van der Waals surface area contributed by atoms with Gasteiger partial charge in [-0.3, -0.25) is 4.79 Å². The Morgan fingerprint density at radius 3 is 2.50 bits per heavy atom. The Balaban J connectivity index is 2.07. The summed E-state index contributed by atoms with van der Waals surface area (Å²) < 4.78 is 10.3. The number of carbonyl (C=O) groups is 1. The van der Waals surface area contributed by atoms with E-state index < -0.39 is 0 Å². The van der Waals surface area contributed by atoms with Gasteiger partial charge in [-0.05, 0) is 17.7 Å². The lowest BCUT2D eigenvalue weighted by atomic mass is 10.2. The number of carbonyl (C=O) groups excluding carboxylic acids is 1. The highest BCUT2D eigenvalue weighted by Gasteiger charge is 2.07. The molecule has 0 atom stereocenters. The number of methoxy groups -OCH3 is 1. The van der Waals surface area contributed by atoms with Crippen molar-refractivity contribution in [1.82, 2.24) is 0 Å². The monoisotopic (exact) mass is 271 g/mol. The first-order valence-corrected chi connectivity index (χ1v) is 6.33. The number of benzene rings is 2. The van der Waals surface area contributed by atoms with Crippen LogP contribution < -0.4 is 14.8 Å². The van der Waals surface area contributed by atoms with Crippen LogP contribution in [0.4, 0.5) is 5.69 Å². The van der Waals surface area contributed by atoms with E-state index >= 15 is 0 Å². The summed E-state index contributed by atoms with van der Waals surface area (Å²) in [6.07, 6.45) is 0. The van der Waals surface area contributed by atoms with Gasteiger partial charge in [-0.2, -0.15) is 0 Å². The number of rotatable bonds is 5. The Hall–Kier alpha value is -2.49. The minimum atomic E-state index is -0.367. The van der Waals surface area contributed by atoms with Crippen LogP contribution in [-0.2, 0) is 11.3 Å². The highest BCUT2D eigenvalue weighted by atomic mass is 16.6. The molecule has 0 bridgehead atoms. The van der Waals surface area contributed by atoms with Gasteiger partial charge in [0, 0.05) is 25.2 Å². The van der Waals surface area contributed by atoms with Gasteiger partial charge in [0.05, 0.1) is 7.11 Å². The minimum absolute atomic E-state index is 0.367. The molecule has 0 amide bonds. The van der Waals surface area contributed by atoms with Crippen molar-refractivity contribution in [3.05, 3.63) is 54.1 Å². The summed E-state index contributed by atoms with van der Waals surface area (Å²) in [6.45, 7) is 2.08. The molecule has 20 heavy (non-hydrogen) atoms. The second-order valence-electron chi connectivity index (χ2n) is 4.30. The Bertz CT molecular complexity index is 582. The molecule has 2 aromatic rings. The van der Waals surface area contributed by atoms with E-state index in [-0.39, 0.29) is 5.97 Å². The molecule has 0 saturated carbocycles. The van der Waals surface area contributed by atoms with E-state index in [9.17, 15) is 4.79 Å². The van der Waals surface area contributed by atoms with Crippen LogP contribution in [0.1, 0.15) is 12.5 Å². The van der Waals surface area contributed by atoms with E-state index in [1.807, 2.05) is 24.3 Å². The highest BCUT2D eigenvalue weighted by molar-refractivity contribution is 5.71. The van der Waals surface area contributed by atoms with Gasteiger partial charge in [0.25, 0.3) is 0 Å². The summed E-state index contributed by atoms with van der Waals surface area (Å²) in [5.74, 6) is 0.580. The fourth-order valence-electron chi connectivity index (χ4n) is 1.82. The zero-order chi connectivity index (χ0) is 14.4. The molecule has 4 heteroatoms. The third kappa shape index (κ3) is 3.75. The molecular weight excluding hydrogens is 254 g/mol. The Morgan fingerprint density at radius 2 is 1.85 bits per heavy atom. The van der Waals surface area contributed by atoms with Gasteiger partial charge in [0.1, 0.15) is 0 Å². The average molecular weight is 271 g/mol. The van der Waals surface area contributed by atoms with Gasteiger partial charge in [-0.1, -0.05) is 30.3 Å². The zero-order valence-corrected chi connectivity index (χ0v) is 11.6. The van der Waals surface area contributed by atoms with Crippen molar-refractivity contribution in [3.63, 3.8) is 0 Å². The second-order valence-corrected chi connectivity index (χ2v) is 4.30. The van der Waals surface area contributed by atoms with Crippen molar-refractivity contribution in [2.75, 3.05) is 12.4 Å². The van der Waals surface area contributed by atoms with Crippen molar-refractivity contribution in [1.29, 1.82) is 0 Å². The molecule has 1 N–H and O–H groups in total. The van der Waals surface area contributed by atoms with E-state index in [0.29, 0.717) is 11.5 Å². The predicted octanol–water partition coefficient (Wildman–Crippen LogP) is 3.23. The van der Waals surface area contributed by atoms with Gasteiger partial charge >= 0.3 is 5.97 Å². The molecule has 0 unspecified atom stereocenters. The molecule has 0 aliphatic rings. The highest BCUT2D eigenvalue weighted by Crippen LogP contribution is 2.30. The topological polar surface area (TPSA) is 47.6 Å².